The number of rotatable bonds is 7. The van der Waals surface area contributed by atoms with E-state index in [-0.39, 0.29) is 12.5 Å². The van der Waals surface area contributed by atoms with E-state index in [1.807, 2.05) is 44.0 Å². The van der Waals surface area contributed by atoms with Crippen LogP contribution in [0.5, 0.6) is 0 Å². The van der Waals surface area contributed by atoms with Crippen molar-refractivity contribution in [1.29, 1.82) is 0 Å². The van der Waals surface area contributed by atoms with Crippen LogP contribution in [0.15, 0.2) is 22.6 Å². The van der Waals surface area contributed by atoms with Gasteiger partial charge in [0, 0.05) is 12.1 Å². The standard InChI is InChI=1S/C17H24N4O2S/c1-5-8-18-15(22)10-20(4)11-21-17(24)23-16(19-21)14-7-6-12(2)13(3)9-14/h6-7,9H,5,8,10-11H2,1-4H3,(H,18,22). The molecule has 1 amide bonds. The van der Waals surface area contributed by atoms with Crippen molar-refractivity contribution < 1.29 is 9.21 Å². The number of hydrogen-bond acceptors (Lipinski definition) is 5. The van der Waals surface area contributed by atoms with E-state index in [4.69, 9.17) is 16.6 Å². The molecule has 7 heteroatoms. The monoisotopic (exact) mass is 348 g/mol. The highest BCUT2D eigenvalue weighted by Crippen LogP contribution is 2.21. The first-order valence-electron chi connectivity index (χ1n) is 8.01. The topological polar surface area (TPSA) is 63.3 Å². The fourth-order valence-electron chi connectivity index (χ4n) is 2.23. The Morgan fingerprint density at radius 1 is 1.38 bits per heavy atom. The summed E-state index contributed by atoms with van der Waals surface area (Å²) in [5.41, 5.74) is 3.29. The third-order valence-electron chi connectivity index (χ3n) is 3.72. The molecule has 0 aliphatic rings. The molecule has 6 nitrogen and oxygen atoms in total. The zero-order chi connectivity index (χ0) is 17.7. The van der Waals surface area contributed by atoms with Gasteiger partial charge in [-0.1, -0.05) is 13.0 Å². The lowest BCUT2D eigenvalue weighted by molar-refractivity contribution is -0.122. The SMILES string of the molecule is CCCNC(=O)CN(C)Cn1nc(-c2ccc(C)c(C)c2)oc1=S. The molecule has 0 fully saturated rings. The van der Waals surface area contributed by atoms with Crippen molar-refractivity contribution in [3.05, 3.63) is 34.2 Å². The summed E-state index contributed by atoms with van der Waals surface area (Å²) in [6, 6.07) is 6.03. The summed E-state index contributed by atoms with van der Waals surface area (Å²) < 4.78 is 7.20. The predicted octanol–water partition coefficient (Wildman–Crippen LogP) is 2.90. The summed E-state index contributed by atoms with van der Waals surface area (Å²) in [4.78, 5) is 13.9. The van der Waals surface area contributed by atoms with Gasteiger partial charge in [-0.05, 0) is 62.8 Å². The Hall–Kier alpha value is -1.99. The molecule has 0 saturated heterocycles. The van der Waals surface area contributed by atoms with Crippen LogP contribution >= 0.6 is 12.2 Å². The van der Waals surface area contributed by atoms with E-state index in [1.54, 1.807) is 4.68 Å². The van der Waals surface area contributed by atoms with E-state index in [2.05, 4.69) is 17.3 Å². The van der Waals surface area contributed by atoms with Crippen molar-refractivity contribution in [3.8, 4) is 11.5 Å². The molecule has 0 aliphatic carbocycles. The molecule has 1 heterocycles. The minimum atomic E-state index is -0.0104. The summed E-state index contributed by atoms with van der Waals surface area (Å²) >= 11 is 5.24. The molecule has 0 spiro atoms. The van der Waals surface area contributed by atoms with E-state index >= 15 is 0 Å². The molecule has 0 radical (unpaired) electrons. The third-order valence-corrected chi connectivity index (χ3v) is 4.02. The largest absolute Gasteiger partial charge is 0.409 e. The van der Waals surface area contributed by atoms with Gasteiger partial charge in [-0.15, -0.1) is 5.10 Å². The second-order valence-corrected chi connectivity index (χ2v) is 6.33. The van der Waals surface area contributed by atoms with Crippen molar-refractivity contribution in [3.63, 3.8) is 0 Å². The van der Waals surface area contributed by atoms with Gasteiger partial charge in [-0.3, -0.25) is 9.69 Å². The maximum atomic E-state index is 11.8. The molecular weight excluding hydrogens is 324 g/mol. The minimum absolute atomic E-state index is 0.0104. The fraction of sp³-hybridized carbons (Fsp3) is 0.471. The number of carbonyl (C=O) groups is 1. The Morgan fingerprint density at radius 3 is 2.79 bits per heavy atom. The van der Waals surface area contributed by atoms with Crippen LogP contribution in [0.2, 0.25) is 0 Å². The van der Waals surface area contributed by atoms with Crippen LogP contribution in [0.3, 0.4) is 0 Å². The first-order valence-corrected chi connectivity index (χ1v) is 8.42. The van der Waals surface area contributed by atoms with Gasteiger partial charge in [0.2, 0.25) is 11.8 Å². The Kier molecular flexibility index (Phi) is 6.28. The van der Waals surface area contributed by atoms with Gasteiger partial charge in [0.15, 0.2) is 0 Å². The number of hydrogen-bond donors (Lipinski definition) is 1. The zero-order valence-electron chi connectivity index (χ0n) is 14.6. The van der Waals surface area contributed by atoms with E-state index in [1.165, 1.54) is 11.1 Å². The first-order chi connectivity index (χ1) is 11.4. The number of aryl methyl sites for hydroxylation is 2. The summed E-state index contributed by atoms with van der Waals surface area (Å²) in [5.74, 6) is 0.482. The number of benzene rings is 1. The number of likely N-dealkylation sites (N-methyl/N-ethyl adjacent to an activating group) is 1. The molecule has 0 bridgehead atoms. The van der Waals surface area contributed by atoms with E-state index in [0.717, 1.165) is 12.0 Å². The van der Waals surface area contributed by atoms with Gasteiger partial charge >= 0.3 is 0 Å². The second-order valence-electron chi connectivity index (χ2n) is 5.98. The van der Waals surface area contributed by atoms with Crippen LogP contribution in [-0.4, -0.2) is 40.7 Å². The molecule has 1 aromatic heterocycles. The van der Waals surface area contributed by atoms with E-state index in [9.17, 15) is 4.79 Å². The molecular formula is C17H24N4O2S. The number of aromatic nitrogens is 2. The summed E-state index contributed by atoms with van der Waals surface area (Å²) in [7, 11) is 1.84. The van der Waals surface area contributed by atoms with Crippen molar-refractivity contribution in [1.82, 2.24) is 20.0 Å². The Morgan fingerprint density at radius 2 is 2.12 bits per heavy atom. The predicted molar refractivity (Wildman–Crippen MR) is 96.2 cm³/mol. The van der Waals surface area contributed by atoms with Crippen LogP contribution in [0.25, 0.3) is 11.5 Å². The minimum Gasteiger partial charge on any atom is -0.409 e. The molecule has 130 valence electrons. The summed E-state index contributed by atoms with van der Waals surface area (Å²) in [6.07, 6.45) is 0.920. The number of nitrogens with zero attached hydrogens (tertiary/aromatic N) is 3. The molecule has 1 N–H and O–H groups in total. The highest BCUT2D eigenvalue weighted by Gasteiger charge is 2.12. The van der Waals surface area contributed by atoms with Crippen molar-refractivity contribution >= 4 is 18.1 Å². The zero-order valence-corrected chi connectivity index (χ0v) is 15.4. The molecule has 0 unspecified atom stereocenters. The van der Waals surface area contributed by atoms with Gasteiger partial charge in [0.1, 0.15) is 0 Å². The summed E-state index contributed by atoms with van der Waals surface area (Å²) in [5, 5.41) is 7.28. The van der Waals surface area contributed by atoms with Crippen LogP contribution < -0.4 is 5.32 Å². The van der Waals surface area contributed by atoms with Gasteiger partial charge in [0.25, 0.3) is 4.84 Å². The van der Waals surface area contributed by atoms with Crippen LogP contribution in [-0.2, 0) is 11.5 Å². The smallest absolute Gasteiger partial charge is 0.288 e. The maximum absolute atomic E-state index is 11.8. The first kappa shape index (κ1) is 18.4. The quantitative estimate of drug-likeness (QED) is 0.780. The van der Waals surface area contributed by atoms with Crippen molar-refractivity contribution in [2.24, 2.45) is 0 Å². The average Bonchev–Trinajstić information content (AvgIpc) is 2.88. The summed E-state index contributed by atoms with van der Waals surface area (Å²) in [6.45, 7) is 7.50. The van der Waals surface area contributed by atoms with Crippen LogP contribution in [0, 0.1) is 18.7 Å². The molecule has 24 heavy (non-hydrogen) atoms. The number of nitrogens with one attached hydrogen (secondary N) is 1. The molecule has 0 aliphatic heterocycles. The Balaban J connectivity index is 2.07. The van der Waals surface area contributed by atoms with Crippen LogP contribution in [0.1, 0.15) is 24.5 Å². The maximum Gasteiger partial charge on any atom is 0.288 e. The van der Waals surface area contributed by atoms with E-state index in [0.29, 0.717) is 23.9 Å². The third kappa shape index (κ3) is 4.75. The number of carbonyl (C=O) groups excluding carboxylic acids is 1. The molecule has 1 aromatic carbocycles. The molecule has 0 atom stereocenters. The molecule has 0 saturated carbocycles. The average molecular weight is 348 g/mol. The Labute approximate surface area is 147 Å². The highest BCUT2D eigenvalue weighted by atomic mass is 32.1. The van der Waals surface area contributed by atoms with Gasteiger partial charge < -0.3 is 9.73 Å². The number of amides is 1. The van der Waals surface area contributed by atoms with Gasteiger partial charge in [-0.2, -0.15) is 0 Å². The highest BCUT2D eigenvalue weighted by molar-refractivity contribution is 7.71. The molecule has 2 aromatic rings. The molecule has 2 rings (SSSR count). The van der Waals surface area contributed by atoms with Crippen LogP contribution in [0.4, 0.5) is 0 Å². The fourth-order valence-corrected chi connectivity index (χ4v) is 2.41. The second kappa shape index (κ2) is 8.21. The van der Waals surface area contributed by atoms with E-state index < -0.39 is 0 Å². The normalized spacial score (nSPS) is 11.0. The van der Waals surface area contributed by atoms with Crippen molar-refractivity contribution in [2.75, 3.05) is 20.1 Å². The van der Waals surface area contributed by atoms with Crippen molar-refractivity contribution in [2.45, 2.75) is 33.9 Å². The lowest BCUT2D eigenvalue weighted by Crippen LogP contribution is -2.36. The van der Waals surface area contributed by atoms with Gasteiger partial charge in [0.05, 0.1) is 13.2 Å². The lowest BCUT2D eigenvalue weighted by Gasteiger charge is -2.15. The van der Waals surface area contributed by atoms with Gasteiger partial charge in [-0.25, -0.2) is 4.68 Å². The lowest BCUT2D eigenvalue weighted by atomic mass is 10.1. The Bertz CT molecular complexity index is 766.